The third kappa shape index (κ3) is 3.93. The predicted molar refractivity (Wildman–Crippen MR) is 112 cm³/mol. The Morgan fingerprint density at radius 3 is 2.43 bits per heavy atom. The third-order valence-corrected chi connectivity index (χ3v) is 5.22. The summed E-state index contributed by atoms with van der Waals surface area (Å²) < 4.78 is 38.7. The van der Waals surface area contributed by atoms with Gasteiger partial charge in [-0.05, 0) is 36.1 Å². The first kappa shape index (κ1) is 21.1. The lowest BCUT2D eigenvalue weighted by molar-refractivity contribution is 0.416. The Morgan fingerprint density at radius 2 is 1.80 bits per heavy atom. The van der Waals surface area contributed by atoms with Gasteiger partial charge in [0.25, 0.3) is 10.1 Å². The van der Waals surface area contributed by atoms with Crippen LogP contribution in [-0.2, 0) is 10.1 Å². The fourth-order valence-corrected chi connectivity index (χ4v) is 3.60. The van der Waals surface area contributed by atoms with Gasteiger partial charge in [0.15, 0.2) is 5.75 Å². The Kier molecular flexibility index (Phi) is 5.67. The van der Waals surface area contributed by atoms with Crippen LogP contribution in [0, 0.1) is 6.92 Å². The molecule has 0 aliphatic carbocycles. The van der Waals surface area contributed by atoms with E-state index in [0.29, 0.717) is 16.8 Å². The van der Waals surface area contributed by atoms with E-state index in [1.54, 1.807) is 37.3 Å². The summed E-state index contributed by atoms with van der Waals surface area (Å²) in [4.78, 5) is -0.603. The minimum Gasteiger partial charge on any atom is -0.505 e. The van der Waals surface area contributed by atoms with Gasteiger partial charge in [-0.15, -0.1) is 10.2 Å². The highest BCUT2D eigenvalue weighted by molar-refractivity contribution is 7.86. The molecule has 156 valence electrons. The number of phenols is 1. The lowest BCUT2D eigenvalue weighted by Crippen LogP contribution is -1.99. The molecule has 0 aliphatic heterocycles. The van der Waals surface area contributed by atoms with Crippen LogP contribution in [0.1, 0.15) is 5.56 Å². The van der Waals surface area contributed by atoms with Crippen LogP contribution in [0.3, 0.4) is 0 Å². The van der Waals surface area contributed by atoms with Crippen molar-refractivity contribution in [2.24, 2.45) is 20.5 Å². The molecule has 0 fully saturated rings. The number of azo groups is 2. The third-order valence-electron chi connectivity index (χ3n) is 4.35. The SMILES string of the molecule is CN=Nc1cc(OC)c(N=Nc2c(S(=O)(=O)O)cc3cccc(N)c3c2O)cc1C. The zero-order valence-corrected chi connectivity index (χ0v) is 17.2. The summed E-state index contributed by atoms with van der Waals surface area (Å²) in [6.45, 7) is 1.78. The van der Waals surface area contributed by atoms with Crippen LogP contribution < -0.4 is 10.5 Å². The first-order valence-electron chi connectivity index (χ1n) is 8.59. The summed E-state index contributed by atoms with van der Waals surface area (Å²) in [7, 11) is -1.76. The molecule has 0 saturated heterocycles. The summed E-state index contributed by atoms with van der Waals surface area (Å²) in [6, 6.07) is 9.07. The number of aromatic hydroxyl groups is 1. The topological polar surface area (TPSA) is 159 Å². The average Bonchev–Trinajstić information content (AvgIpc) is 2.68. The Labute approximate surface area is 172 Å². The molecule has 3 rings (SSSR count). The van der Waals surface area contributed by atoms with Gasteiger partial charge in [-0.2, -0.15) is 18.6 Å². The summed E-state index contributed by atoms with van der Waals surface area (Å²) in [5.74, 6) is -0.214. The molecule has 0 saturated carbocycles. The second-order valence-electron chi connectivity index (χ2n) is 6.30. The number of ether oxygens (including phenoxy) is 1. The van der Waals surface area contributed by atoms with Crippen molar-refractivity contribution in [3.05, 3.63) is 42.0 Å². The molecule has 0 amide bonds. The molecular formula is C19H19N5O5S. The highest BCUT2D eigenvalue weighted by Gasteiger charge is 2.23. The minimum atomic E-state index is -4.72. The maximum atomic E-state index is 11.9. The number of nitrogens with zero attached hydrogens (tertiary/aromatic N) is 4. The van der Waals surface area contributed by atoms with E-state index in [2.05, 4.69) is 20.5 Å². The molecule has 0 spiro atoms. The average molecular weight is 429 g/mol. The molecule has 0 atom stereocenters. The number of phenolic OH excluding ortho intramolecular Hbond substituents is 1. The largest absolute Gasteiger partial charge is 0.505 e. The fourth-order valence-electron chi connectivity index (χ4n) is 2.94. The van der Waals surface area contributed by atoms with E-state index in [1.165, 1.54) is 20.2 Å². The normalized spacial score (nSPS) is 12.3. The van der Waals surface area contributed by atoms with Crippen LogP contribution in [0.2, 0.25) is 0 Å². The van der Waals surface area contributed by atoms with Crippen molar-refractivity contribution in [1.29, 1.82) is 0 Å². The van der Waals surface area contributed by atoms with E-state index in [0.717, 1.165) is 5.56 Å². The van der Waals surface area contributed by atoms with E-state index < -0.39 is 26.5 Å². The zero-order valence-electron chi connectivity index (χ0n) is 16.4. The number of nitrogen functional groups attached to an aromatic ring is 1. The molecule has 3 aromatic rings. The summed E-state index contributed by atoms with van der Waals surface area (Å²) in [6.07, 6.45) is 0. The maximum absolute atomic E-state index is 11.9. The maximum Gasteiger partial charge on any atom is 0.296 e. The van der Waals surface area contributed by atoms with Crippen molar-refractivity contribution in [2.75, 3.05) is 19.9 Å². The van der Waals surface area contributed by atoms with E-state index >= 15 is 0 Å². The van der Waals surface area contributed by atoms with E-state index in [1.807, 2.05) is 0 Å². The number of anilines is 1. The molecular weight excluding hydrogens is 410 g/mol. The van der Waals surface area contributed by atoms with Gasteiger partial charge in [0.1, 0.15) is 22.0 Å². The smallest absolute Gasteiger partial charge is 0.296 e. The van der Waals surface area contributed by atoms with E-state index in [9.17, 15) is 18.1 Å². The summed E-state index contributed by atoms with van der Waals surface area (Å²) in [5, 5.41) is 26.8. The molecule has 3 aromatic carbocycles. The first-order valence-corrected chi connectivity index (χ1v) is 10.0. The number of hydrogen-bond acceptors (Lipinski definition) is 9. The van der Waals surface area contributed by atoms with Crippen LogP contribution in [0.5, 0.6) is 11.5 Å². The molecule has 30 heavy (non-hydrogen) atoms. The monoisotopic (exact) mass is 429 g/mol. The van der Waals surface area contributed by atoms with Gasteiger partial charge < -0.3 is 15.6 Å². The number of aryl methyl sites for hydroxylation is 1. The van der Waals surface area contributed by atoms with Gasteiger partial charge in [0, 0.05) is 24.2 Å². The number of methoxy groups -OCH3 is 1. The van der Waals surface area contributed by atoms with Gasteiger partial charge in [-0.3, -0.25) is 4.55 Å². The van der Waals surface area contributed by atoms with Gasteiger partial charge in [0.2, 0.25) is 0 Å². The van der Waals surface area contributed by atoms with Crippen LogP contribution in [0.15, 0.2) is 61.8 Å². The van der Waals surface area contributed by atoms with E-state index in [-0.39, 0.29) is 16.8 Å². The number of nitrogens with two attached hydrogens (primary N) is 1. The molecule has 10 nitrogen and oxygen atoms in total. The molecule has 0 radical (unpaired) electrons. The van der Waals surface area contributed by atoms with Crippen molar-refractivity contribution in [2.45, 2.75) is 11.8 Å². The van der Waals surface area contributed by atoms with Gasteiger partial charge in [0.05, 0.1) is 12.8 Å². The van der Waals surface area contributed by atoms with Crippen LogP contribution in [0.25, 0.3) is 10.8 Å². The lowest BCUT2D eigenvalue weighted by Gasteiger charge is -2.11. The second kappa shape index (κ2) is 8.05. The number of rotatable bonds is 5. The van der Waals surface area contributed by atoms with Crippen LogP contribution >= 0.6 is 0 Å². The Morgan fingerprint density at radius 1 is 1.07 bits per heavy atom. The number of fused-ring (bicyclic) bond motifs is 1. The second-order valence-corrected chi connectivity index (χ2v) is 7.69. The fraction of sp³-hybridized carbons (Fsp3) is 0.158. The number of benzene rings is 3. The van der Waals surface area contributed by atoms with Crippen molar-refractivity contribution < 1.29 is 22.8 Å². The lowest BCUT2D eigenvalue weighted by atomic mass is 10.1. The molecule has 0 heterocycles. The van der Waals surface area contributed by atoms with Crippen molar-refractivity contribution in [3.63, 3.8) is 0 Å². The summed E-state index contributed by atoms with van der Waals surface area (Å²) >= 11 is 0. The van der Waals surface area contributed by atoms with Gasteiger partial charge >= 0.3 is 0 Å². The quantitative estimate of drug-likeness (QED) is 0.299. The van der Waals surface area contributed by atoms with Crippen molar-refractivity contribution in [3.8, 4) is 11.5 Å². The minimum absolute atomic E-state index is 0.195. The van der Waals surface area contributed by atoms with Gasteiger partial charge in [-0.25, -0.2) is 0 Å². The molecule has 0 aliphatic rings. The standard InChI is InChI=1S/C19H19N5O5S/c1-10-7-14(15(29-3)9-13(10)22-21-2)23-24-18-16(30(26,27)28)8-11-5-4-6-12(20)17(11)19(18)25/h4-9,25H,20H2,1-3H3,(H,26,27,28). The summed E-state index contributed by atoms with van der Waals surface area (Å²) in [5.41, 5.74) is 7.23. The molecule has 4 N–H and O–H groups in total. The van der Waals surface area contributed by atoms with Crippen molar-refractivity contribution >= 4 is 43.6 Å². The Hall–Kier alpha value is -3.57. The molecule has 11 heteroatoms. The highest BCUT2D eigenvalue weighted by atomic mass is 32.2. The van der Waals surface area contributed by atoms with Crippen LogP contribution in [-0.4, -0.2) is 32.2 Å². The predicted octanol–water partition coefficient (Wildman–Crippen LogP) is 4.82. The van der Waals surface area contributed by atoms with Gasteiger partial charge in [-0.1, -0.05) is 12.1 Å². The van der Waals surface area contributed by atoms with Crippen molar-refractivity contribution in [1.82, 2.24) is 0 Å². The molecule has 0 aromatic heterocycles. The van der Waals surface area contributed by atoms with E-state index in [4.69, 9.17) is 10.5 Å². The van der Waals surface area contributed by atoms with Crippen LogP contribution in [0.4, 0.5) is 22.7 Å². The number of hydrogen-bond donors (Lipinski definition) is 3. The molecule has 0 bridgehead atoms. The Bertz CT molecular complexity index is 1300. The molecule has 0 unspecified atom stereocenters. The first-order chi connectivity index (χ1) is 14.2. The zero-order chi connectivity index (χ0) is 22.1. The Balaban J connectivity index is 2.25. The highest BCUT2D eigenvalue weighted by Crippen LogP contribution is 2.44.